The van der Waals surface area contributed by atoms with Crippen LogP contribution in [0.5, 0.6) is 11.5 Å². The lowest BCUT2D eigenvalue weighted by Gasteiger charge is -2.11. The molecular weight excluding hydrogens is 394 g/mol. The SMILES string of the molecule is COc1ccc2[nH]cc(CC(=O)Oc3ccc4ccc(=O)oc4c3CC=C(C)C)c2c1. The van der Waals surface area contributed by atoms with Crippen LogP contribution in [-0.4, -0.2) is 18.1 Å². The van der Waals surface area contributed by atoms with E-state index >= 15 is 0 Å². The van der Waals surface area contributed by atoms with Crippen LogP contribution in [0.1, 0.15) is 25.0 Å². The molecule has 0 unspecified atom stereocenters. The van der Waals surface area contributed by atoms with Gasteiger partial charge in [0.15, 0.2) is 0 Å². The number of carbonyl (C=O) groups excluding carboxylic acids is 1. The third kappa shape index (κ3) is 4.38. The number of hydrogen-bond donors (Lipinski definition) is 1. The van der Waals surface area contributed by atoms with Gasteiger partial charge in [-0.1, -0.05) is 11.6 Å². The van der Waals surface area contributed by atoms with E-state index in [9.17, 15) is 9.59 Å². The summed E-state index contributed by atoms with van der Waals surface area (Å²) >= 11 is 0. The highest BCUT2D eigenvalue weighted by atomic mass is 16.5. The third-order valence-electron chi connectivity index (χ3n) is 5.10. The van der Waals surface area contributed by atoms with Gasteiger partial charge in [0.2, 0.25) is 0 Å². The molecule has 0 amide bonds. The number of nitrogens with one attached hydrogen (secondary N) is 1. The highest BCUT2D eigenvalue weighted by molar-refractivity contribution is 5.89. The summed E-state index contributed by atoms with van der Waals surface area (Å²) in [5.41, 5.74) is 3.51. The van der Waals surface area contributed by atoms with E-state index in [0.717, 1.165) is 33.2 Å². The van der Waals surface area contributed by atoms with Crippen molar-refractivity contribution in [2.24, 2.45) is 0 Å². The molecule has 31 heavy (non-hydrogen) atoms. The Morgan fingerprint density at radius 1 is 1.13 bits per heavy atom. The van der Waals surface area contributed by atoms with Gasteiger partial charge >= 0.3 is 11.6 Å². The highest BCUT2D eigenvalue weighted by Crippen LogP contribution is 2.29. The Balaban J connectivity index is 1.66. The van der Waals surface area contributed by atoms with Crippen molar-refractivity contribution < 1.29 is 18.7 Å². The average molecular weight is 417 g/mol. The first-order valence-corrected chi connectivity index (χ1v) is 9.98. The first-order valence-electron chi connectivity index (χ1n) is 9.98. The summed E-state index contributed by atoms with van der Waals surface area (Å²) in [6.45, 7) is 3.97. The van der Waals surface area contributed by atoms with Crippen LogP contribution in [0.4, 0.5) is 0 Å². The number of ether oxygens (including phenoxy) is 2. The molecule has 158 valence electrons. The summed E-state index contributed by atoms with van der Waals surface area (Å²) in [4.78, 5) is 27.8. The maximum atomic E-state index is 12.8. The molecule has 0 spiro atoms. The molecule has 4 rings (SSSR count). The number of H-pyrrole nitrogens is 1. The quantitative estimate of drug-likeness (QED) is 0.208. The van der Waals surface area contributed by atoms with Crippen LogP contribution in [0.25, 0.3) is 21.9 Å². The molecule has 4 aromatic rings. The maximum Gasteiger partial charge on any atom is 0.336 e. The first kappa shape index (κ1) is 20.5. The summed E-state index contributed by atoms with van der Waals surface area (Å²) in [5.74, 6) is 0.705. The molecule has 2 aromatic heterocycles. The van der Waals surface area contributed by atoms with Crippen LogP contribution in [0.2, 0.25) is 0 Å². The molecule has 0 radical (unpaired) electrons. The minimum atomic E-state index is -0.442. The van der Waals surface area contributed by atoms with E-state index in [1.54, 1.807) is 31.5 Å². The number of aromatic nitrogens is 1. The number of allylic oxidation sites excluding steroid dienone is 2. The number of hydrogen-bond acceptors (Lipinski definition) is 5. The molecule has 0 aliphatic carbocycles. The van der Waals surface area contributed by atoms with Crippen molar-refractivity contribution >= 4 is 27.8 Å². The van der Waals surface area contributed by atoms with Crippen molar-refractivity contribution in [3.8, 4) is 11.5 Å². The topological polar surface area (TPSA) is 81.5 Å². The summed E-state index contributed by atoms with van der Waals surface area (Å²) in [5, 5.41) is 1.69. The Hall–Kier alpha value is -3.80. The fourth-order valence-corrected chi connectivity index (χ4v) is 3.51. The van der Waals surface area contributed by atoms with Crippen LogP contribution >= 0.6 is 0 Å². The van der Waals surface area contributed by atoms with Crippen LogP contribution in [-0.2, 0) is 17.6 Å². The molecule has 0 saturated heterocycles. The summed E-state index contributed by atoms with van der Waals surface area (Å²) in [7, 11) is 1.61. The number of benzene rings is 2. The van der Waals surface area contributed by atoms with E-state index in [2.05, 4.69) is 4.98 Å². The van der Waals surface area contributed by atoms with Crippen LogP contribution in [0.3, 0.4) is 0 Å². The van der Waals surface area contributed by atoms with Gasteiger partial charge in [-0.05, 0) is 62.2 Å². The van der Waals surface area contributed by atoms with Gasteiger partial charge in [0.1, 0.15) is 17.1 Å². The number of methoxy groups -OCH3 is 1. The van der Waals surface area contributed by atoms with Crippen molar-refractivity contribution in [2.45, 2.75) is 26.7 Å². The second-order valence-corrected chi connectivity index (χ2v) is 7.58. The Labute approximate surface area is 179 Å². The minimum absolute atomic E-state index is 0.0893. The Kier molecular flexibility index (Phi) is 5.62. The predicted molar refractivity (Wildman–Crippen MR) is 120 cm³/mol. The molecule has 6 nitrogen and oxygen atoms in total. The molecule has 0 aliphatic rings. The fraction of sp³-hybridized carbons (Fsp3) is 0.200. The van der Waals surface area contributed by atoms with Gasteiger partial charge in [0.05, 0.1) is 13.5 Å². The molecule has 2 heterocycles. The van der Waals surface area contributed by atoms with Crippen molar-refractivity contribution in [3.05, 3.63) is 81.9 Å². The first-order chi connectivity index (χ1) is 14.9. The van der Waals surface area contributed by atoms with Gasteiger partial charge in [0, 0.05) is 34.1 Å². The molecule has 0 aliphatic heterocycles. The number of fused-ring (bicyclic) bond motifs is 2. The molecule has 2 aromatic carbocycles. The van der Waals surface area contributed by atoms with Gasteiger partial charge in [-0.2, -0.15) is 0 Å². The predicted octanol–water partition coefficient (Wildman–Crippen LogP) is 4.94. The number of rotatable bonds is 6. The summed E-state index contributed by atoms with van der Waals surface area (Å²) in [6, 6.07) is 12.3. The van der Waals surface area contributed by atoms with E-state index in [4.69, 9.17) is 13.9 Å². The van der Waals surface area contributed by atoms with Gasteiger partial charge in [-0.15, -0.1) is 0 Å². The Bertz CT molecular complexity index is 1360. The zero-order valence-corrected chi connectivity index (χ0v) is 17.7. The van der Waals surface area contributed by atoms with Gasteiger partial charge < -0.3 is 18.9 Å². The van der Waals surface area contributed by atoms with Crippen molar-refractivity contribution in [1.82, 2.24) is 4.98 Å². The molecule has 0 fully saturated rings. The number of aromatic amines is 1. The zero-order chi connectivity index (χ0) is 22.0. The second kappa shape index (κ2) is 8.52. The minimum Gasteiger partial charge on any atom is -0.497 e. The lowest BCUT2D eigenvalue weighted by Crippen LogP contribution is -2.12. The Morgan fingerprint density at radius 2 is 1.94 bits per heavy atom. The van der Waals surface area contributed by atoms with E-state index < -0.39 is 11.6 Å². The van der Waals surface area contributed by atoms with E-state index in [1.165, 1.54) is 6.07 Å². The summed E-state index contributed by atoms with van der Waals surface area (Å²) in [6.07, 6.45) is 4.38. The van der Waals surface area contributed by atoms with Gasteiger partial charge in [0.25, 0.3) is 0 Å². The van der Waals surface area contributed by atoms with Crippen LogP contribution in [0.15, 0.2) is 69.5 Å². The largest absolute Gasteiger partial charge is 0.497 e. The van der Waals surface area contributed by atoms with Gasteiger partial charge in [-0.3, -0.25) is 4.79 Å². The number of carbonyl (C=O) groups is 1. The molecular formula is C25H23NO5. The van der Waals surface area contributed by atoms with Crippen molar-refractivity contribution in [3.63, 3.8) is 0 Å². The molecule has 0 atom stereocenters. The third-order valence-corrected chi connectivity index (χ3v) is 5.10. The fourth-order valence-electron chi connectivity index (χ4n) is 3.51. The van der Waals surface area contributed by atoms with E-state index in [0.29, 0.717) is 23.3 Å². The Morgan fingerprint density at radius 3 is 2.71 bits per heavy atom. The zero-order valence-electron chi connectivity index (χ0n) is 17.7. The summed E-state index contributed by atoms with van der Waals surface area (Å²) < 4.78 is 16.5. The lowest BCUT2D eigenvalue weighted by atomic mass is 10.1. The van der Waals surface area contributed by atoms with E-state index in [-0.39, 0.29) is 6.42 Å². The van der Waals surface area contributed by atoms with Crippen LogP contribution < -0.4 is 15.1 Å². The molecule has 6 heteroatoms. The van der Waals surface area contributed by atoms with E-state index in [1.807, 2.05) is 38.1 Å². The van der Waals surface area contributed by atoms with Crippen molar-refractivity contribution in [2.75, 3.05) is 7.11 Å². The molecule has 0 bridgehead atoms. The smallest absolute Gasteiger partial charge is 0.336 e. The normalized spacial score (nSPS) is 10.9. The van der Waals surface area contributed by atoms with Crippen molar-refractivity contribution in [1.29, 1.82) is 0 Å². The second-order valence-electron chi connectivity index (χ2n) is 7.58. The highest BCUT2D eigenvalue weighted by Gasteiger charge is 2.16. The van der Waals surface area contributed by atoms with Gasteiger partial charge in [-0.25, -0.2) is 4.79 Å². The van der Waals surface area contributed by atoms with Crippen LogP contribution in [0, 0.1) is 0 Å². The monoisotopic (exact) mass is 417 g/mol. The molecule has 1 N–H and O–H groups in total. The lowest BCUT2D eigenvalue weighted by molar-refractivity contribution is -0.133. The number of esters is 1. The maximum absolute atomic E-state index is 12.8. The molecule has 0 saturated carbocycles. The average Bonchev–Trinajstić information content (AvgIpc) is 3.14. The standard InChI is InChI=1S/C25H23NO5/c1-15(2)4-8-19-22(10-5-16-6-11-23(27)31-25(16)19)30-24(28)12-17-14-26-21-9-7-18(29-3)13-20(17)21/h4-7,9-11,13-14,26H,8,12H2,1-3H3.